The van der Waals surface area contributed by atoms with Crippen molar-refractivity contribution in [3.63, 3.8) is 0 Å². The standard InChI is InChI=1S/C10H11N3O/c1-7-4-2-3-5-8(7)6-9-12-13-10(11)14-9/h2-5H,6H2,1H3,(H2,11,13). The van der Waals surface area contributed by atoms with Gasteiger partial charge < -0.3 is 10.2 Å². The van der Waals surface area contributed by atoms with Gasteiger partial charge in [-0.25, -0.2) is 0 Å². The Kier molecular flexibility index (Phi) is 2.18. The summed E-state index contributed by atoms with van der Waals surface area (Å²) in [6.45, 7) is 2.05. The Bertz CT molecular complexity index is 436. The molecule has 1 heterocycles. The first-order chi connectivity index (χ1) is 6.75. The van der Waals surface area contributed by atoms with Gasteiger partial charge in [0.1, 0.15) is 0 Å². The molecule has 0 radical (unpaired) electrons. The van der Waals surface area contributed by atoms with Crippen molar-refractivity contribution in [1.82, 2.24) is 10.2 Å². The molecule has 0 aliphatic heterocycles. The summed E-state index contributed by atoms with van der Waals surface area (Å²) >= 11 is 0. The van der Waals surface area contributed by atoms with Gasteiger partial charge in [0.15, 0.2) is 0 Å². The smallest absolute Gasteiger partial charge is 0.312 e. The maximum absolute atomic E-state index is 5.33. The third-order valence-electron chi connectivity index (χ3n) is 2.09. The van der Waals surface area contributed by atoms with E-state index in [-0.39, 0.29) is 6.01 Å². The summed E-state index contributed by atoms with van der Waals surface area (Å²) in [6.07, 6.45) is 0.636. The molecule has 0 spiro atoms. The van der Waals surface area contributed by atoms with Crippen LogP contribution in [-0.4, -0.2) is 10.2 Å². The number of nitrogen functional groups attached to an aromatic ring is 1. The molecule has 2 aromatic rings. The van der Waals surface area contributed by atoms with E-state index in [1.54, 1.807) is 0 Å². The number of benzene rings is 1. The van der Waals surface area contributed by atoms with Gasteiger partial charge in [-0.2, -0.15) is 0 Å². The molecule has 0 amide bonds. The van der Waals surface area contributed by atoms with Gasteiger partial charge in [-0.1, -0.05) is 29.4 Å². The van der Waals surface area contributed by atoms with Crippen molar-refractivity contribution in [2.75, 3.05) is 5.73 Å². The number of aryl methyl sites for hydroxylation is 1. The molecule has 0 fully saturated rings. The normalized spacial score (nSPS) is 10.4. The number of nitrogens with zero attached hydrogens (tertiary/aromatic N) is 2. The maximum atomic E-state index is 5.33. The molecule has 1 aromatic carbocycles. The van der Waals surface area contributed by atoms with Crippen molar-refractivity contribution >= 4 is 6.01 Å². The highest BCUT2D eigenvalue weighted by molar-refractivity contribution is 5.27. The molecular weight excluding hydrogens is 178 g/mol. The highest BCUT2D eigenvalue weighted by Crippen LogP contribution is 2.12. The van der Waals surface area contributed by atoms with E-state index in [0.29, 0.717) is 12.3 Å². The fourth-order valence-electron chi connectivity index (χ4n) is 1.31. The van der Waals surface area contributed by atoms with E-state index in [2.05, 4.69) is 23.2 Å². The molecule has 4 nitrogen and oxygen atoms in total. The van der Waals surface area contributed by atoms with E-state index < -0.39 is 0 Å². The number of nitrogens with two attached hydrogens (primary N) is 1. The van der Waals surface area contributed by atoms with Crippen molar-refractivity contribution in [3.8, 4) is 0 Å². The predicted molar refractivity (Wildman–Crippen MR) is 52.7 cm³/mol. The summed E-state index contributed by atoms with van der Waals surface area (Å²) in [5.74, 6) is 0.553. The topological polar surface area (TPSA) is 64.9 Å². The van der Waals surface area contributed by atoms with Crippen LogP contribution in [0.15, 0.2) is 28.7 Å². The maximum Gasteiger partial charge on any atom is 0.312 e. The molecule has 0 atom stereocenters. The van der Waals surface area contributed by atoms with Gasteiger partial charge in [-0.05, 0) is 18.1 Å². The SMILES string of the molecule is Cc1ccccc1Cc1nnc(N)o1. The lowest BCUT2D eigenvalue weighted by Crippen LogP contribution is -1.91. The molecule has 0 saturated carbocycles. The highest BCUT2D eigenvalue weighted by Gasteiger charge is 2.05. The largest absolute Gasteiger partial charge is 0.408 e. The average molecular weight is 189 g/mol. The Balaban J connectivity index is 2.23. The lowest BCUT2D eigenvalue weighted by atomic mass is 10.1. The van der Waals surface area contributed by atoms with Crippen LogP contribution in [0, 0.1) is 6.92 Å². The van der Waals surface area contributed by atoms with Crippen LogP contribution >= 0.6 is 0 Å². The van der Waals surface area contributed by atoms with Gasteiger partial charge in [0.2, 0.25) is 5.89 Å². The van der Waals surface area contributed by atoms with Crippen LogP contribution in [0.2, 0.25) is 0 Å². The van der Waals surface area contributed by atoms with Crippen LogP contribution < -0.4 is 5.73 Å². The molecule has 4 heteroatoms. The monoisotopic (exact) mass is 189 g/mol. The predicted octanol–water partition coefficient (Wildman–Crippen LogP) is 1.55. The van der Waals surface area contributed by atoms with Crippen molar-refractivity contribution in [1.29, 1.82) is 0 Å². The molecule has 2 rings (SSSR count). The molecule has 0 aliphatic rings. The lowest BCUT2D eigenvalue weighted by molar-refractivity contribution is 0.522. The van der Waals surface area contributed by atoms with Gasteiger partial charge in [0, 0.05) is 0 Å². The van der Waals surface area contributed by atoms with Crippen molar-refractivity contribution in [2.45, 2.75) is 13.3 Å². The van der Waals surface area contributed by atoms with E-state index in [1.165, 1.54) is 11.1 Å². The van der Waals surface area contributed by atoms with Crippen molar-refractivity contribution < 1.29 is 4.42 Å². The van der Waals surface area contributed by atoms with Gasteiger partial charge in [0.05, 0.1) is 6.42 Å². The zero-order valence-electron chi connectivity index (χ0n) is 7.90. The van der Waals surface area contributed by atoms with E-state index in [0.717, 1.165) is 0 Å². The molecule has 72 valence electrons. The first kappa shape index (κ1) is 8.74. The summed E-state index contributed by atoms with van der Waals surface area (Å²) in [5.41, 5.74) is 7.72. The third kappa shape index (κ3) is 1.74. The second-order valence-corrected chi connectivity index (χ2v) is 3.14. The van der Waals surface area contributed by atoms with Crippen LogP contribution in [0.4, 0.5) is 6.01 Å². The van der Waals surface area contributed by atoms with Gasteiger partial charge >= 0.3 is 6.01 Å². The minimum atomic E-state index is 0.119. The quantitative estimate of drug-likeness (QED) is 0.778. The van der Waals surface area contributed by atoms with E-state index in [1.807, 2.05) is 18.2 Å². The summed E-state index contributed by atoms with van der Waals surface area (Å²) < 4.78 is 5.10. The summed E-state index contributed by atoms with van der Waals surface area (Å²) in [6, 6.07) is 8.20. The molecule has 1 aromatic heterocycles. The van der Waals surface area contributed by atoms with Gasteiger partial charge in [-0.3, -0.25) is 0 Å². The summed E-state index contributed by atoms with van der Waals surface area (Å²) in [5, 5.41) is 7.41. The van der Waals surface area contributed by atoms with Crippen LogP contribution in [0.3, 0.4) is 0 Å². The molecule has 2 N–H and O–H groups in total. The first-order valence-corrected chi connectivity index (χ1v) is 4.38. The number of hydrogen-bond acceptors (Lipinski definition) is 4. The number of rotatable bonds is 2. The molecular formula is C10H11N3O. The van der Waals surface area contributed by atoms with Crippen LogP contribution in [0.1, 0.15) is 17.0 Å². The molecule has 0 saturated heterocycles. The van der Waals surface area contributed by atoms with E-state index in [4.69, 9.17) is 10.2 Å². The number of anilines is 1. The van der Waals surface area contributed by atoms with E-state index in [9.17, 15) is 0 Å². The Morgan fingerprint density at radius 3 is 2.71 bits per heavy atom. The Morgan fingerprint density at radius 1 is 1.29 bits per heavy atom. The minimum Gasteiger partial charge on any atom is -0.408 e. The third-order valence-corrected chi connectivity index (χ3v) is 2.09. The number of hydrogen-bond donors (Lipinski definition) is 1. The molecule has 0 bridgehead atoms. The zero-order chi connectivity index (χ0) is 9.97. The number of aromatic nitrogens is 2. The fraction of sp³-hybridized carbons (Fsp3) is 0.200. The lowest BCUT2D eigenvalue weighted by Gasteiger charge is -2.00. The Hall–Kier alpha value is -1.84. The van der Waals surface area contributed by atoms with Crippen LogP contribution in [-0.2, 0) is 6.42 Å². The van der Waals surface area contributed by atoms with Crippen molar-refractivity contribution in [2.24, 2.45) is 0 Å². The molecule has 0 aliphatic carbocycles. The highest BCUT2D eigenvalue weighted by atomic mass is 16.4. The summed E-state index contributed by atoms with van der Waals surface area (Å²) in [7, 11) is 0. The van der Waals surface area contributed by atoms with E-state index >= 15 is 0 Å². The zero-order valence-corrected chi connectivity index (χ0v) is 7.90. The molecule has 14 heavy (non-hydrogen) atoms. The Morgan fingerprint density at radius 2 is 2.07 bits per heavy atom. The summed E-state index contributed by atoms with van der Waals surface area (Å²) in [4.78, 5) is 0. The Labute approximate surface area is 81.8 Å². The minimum absolute atomic E-state index is 0.119. The van der Waals surface area contributed by atoms with Crippen molar-refractivity contribution in [3.05, 3.63) is 41.3 Å². The second-order valence-electron chi connectivity index (χ2n) is 3.14. The molecule has 0 unspecified atom stereocenters. The van der Waals surface area contributed by atoms with Gasteiger partial charge in [0.25, 0.3) is 0 Å². The second kappa shape index (κ2) is 3.49. The van der Waals surface area contributed by atoms with Crippen LogP contribution in [0.5, 0.6) is 0 Å². The van der Waals surface area contributed by atoms with Gasteiger partial charge in [-0.15, -0.1) is 5.10 Å². The van der Waals surface area contributed by atoms with Crippen LogP contribution in [0.25, 0.3) is 0 Å². The average Bonchev–Trinajstić information content (AvgIpc) is 2.56. The fourth-order valence-corrected chi connectivity index (χ4v) is 1.31. The first-order valence-electron chi connectivity index (χ1n) is 4.38.